The molecule has 3 aromatic rings. The summed E-state index contributed by atoms with van der Waals surface area (Å²) in [4.78, 5) is 12.6. The summed E-state index contributed by atoms with van der Waals surface area (Å²) >= 11 is 0. The number of nitrogens with zero attached hydrogens (tertiary/aromatic N) is 3. The van der Waals surface area contributed by atoms with Crippen LogP contribution in [0.15, 0.2) is 42.9 Å². The molecule has 2 N–H and O–H groups in total. The molecule has 0 radical (unpaired) electrons. The molecule has 0 saturated carbocycles. The summed E-state index contributed by atoms with van der Waals surface area (Å²) in [5, 5.41) is 1.11. The van der Waals surface area contributed by atoms with Gasteiger partial charge in [-0.25, -0.2) is 9.97 Å². The van der Waals surface area contributed by atoms with Gasteiger partial charge in [0.25, 0.3) is 0 Å². The number of hydrogen-bond donors (Lipinski definition) is 1. The smallest absolute Gasteiger partial charge is 0.182 e. The van der Waals surface area contributed by atoms with Gasteiger partial charge in [-0.3, -0.25) is 4.98 Å². The molecule has 0 fully saturated rings. The third-order valence-corrected chi connectivity index (χ3v) is 3.21. The van der Waals surface area contributed by atoms with Gasteiger partial charge in [0.1, 0.15) is 6.33 Å². The van der Waals surface area contributed by atoms with Gasteiger partial charge in [0.15, 0.2) is 11.6 Å². The molecule has 0 aliphatic heterocycles. The summed E-state index contributed by atoms with van der Waals surface area (Å²) in [5.41, 5.74) is 8.68. The van der Waals surface area contributed by atoms with Crippen LogP contribution in [0.4, 0.5) is 5.82 Å². The summed E-state index contributed by atoms with van der Waals surface area (Å²) < 4.78 is 5.29. The topological polar surface area (TPSA) is 73.9 Å². The fourth-order valence-electron chi connectivity index (χ4n) is 2.26. The fourth-order valence-corrected chi connectivity index (χ4v) is 2.26. The molecule has 0 bridgehead atoms. The van der Waals surface area contributed by atoms with Crippen molar-refractivity contribution in [2.45, 2.75) is 6.42 Å². The van der Waals surface area contributed by atoms with Crippen molar-refractivity contribution in [3.63, 3.8) is 0 Å². The van der Waals surface area contributed by atoms with E-state index in [4.69, 9.17) is 10.5 Å². The van der Waals surface area contributed by atoms with Crippen LogP contribution in [-0.2, 0) is 6.42 Å². The highest BCUT2D eigenvalue weighted by atomic mass is 16.5. The van der Waals surface area contributed by atoms with Gasteiger partial charge in [-0.1, -0.05) is 18.2 Å². The van der Waals surface area contributed by atoms with Gasteiger partial charge in [0.05, 0.1) is 18.3 Å². The predicted octanol–water partition coefficient (Wildman–Crippen LogP) is 2.21. The highest BCUT2D eigenvalue weighted by Crippen LogP contribution is 2.26. The first-order chi connectivity index (χ1) is 9.79. The van der Waals surface area contributed by atoms with E-state index in [0.29, 0.717) is 18.0 Å². The van der Waals surface area contributed by atoms with Gasteiger partial charge < -0.3 is 10.5 Å². The van der Waals surface area contributed by atoms with Crippen molar-refractivity contribution in [2.75, 3.05) is 12.8 Å². The minimum absolute atomic E-state index is 0.357. The number of ether oxygens (including phenoxy) is 1. The normalized spacial score (nSPS) is 10.7. The minimum atomic E-state index is 0.357. The van der Waals surface area contributed by atoms with Crippen molar-refractivity contribution in [3.05, 3.63) is 54.1 Å². The predicted molar refractivity (Wildman–Crippen MR) is 77.5 cm³/mol. The Labute approximate surface area is 116 Å². The minimum Gasteiger partial charge on any atom is -0.491 e. The van der Waals surface area contributed by atoms with E-state index in [1.54, 1.807) is 13.3 Å². The van der Waals surface area contributed by atoms with Crippen LogP contribution in [0.25, 0.3) is 10.9 Å². The van der Waals surface area contributed by atoms with Crippen molar-refractivity contribution >= 4 is 16.7 Å². The van der Waals surface area contributed by atoms with E-state index in [2.05, 4.69) is 21.0 Å². The highest BCUT2D eigenvalue weighted by molar-refractivity contribution is 5.82. The Morgan fingerprint density at radius 3 is 2.80 bits per heavy atom. The molecule has 5 nitrogen and oxygen atoms in total. The molecule has 3 rings (SSSR count). The van der Waals surface area contributed by atoms with Gasteiger partial charge in [-0.05, 0) is 17.7 Å². The Kier molecular flexibility index (Phi) is 3.16. The summed E-state index contributed by atoms with van der Waals surface area (Å²) in [6, 6.07) is 10.0. The quantitative estimate of drug-likeness (QED) is 0.786. The average molecular weight is 266 g/mol. The molecule has 0 atom stereocenters. The molecule has 2 heterocycles. The zero-order chi connectivity index (χ0) is 13.9. The number of fused-ring (bicyclic) bond motifs is 1. The van der Waals surface area contributed by atoms with Crippen LogP contribution in [0.2, 0.25) is 0 Å². The molecule has 20 heavy (non-hydrogen) atoms. The van der Waals surface area contributed by atoms with E-state index < -0.39 is 0 Å². The molecule has 0 amide bonds. The van der Waals surface area contributed by atoms with Crippen LogP contribution in [0.3, 0.4) is 0 Å². The zero-order valence-electron chi connectivity index (χ0n) is 11.1. The van der Waals surface area contributed by atoms with Crippen molar-refractivity contribution in [2.24, 2.45) is 0 Å². The van der Waals surface area contributed by atoms with E-state index >= 15 is 0 Å². The molecule has 0 spiro atoms. The van der Waals surface area contributed by atoms with E-state index in [9.17, 15) is 0 Å². The van der Waals surface area contributed by atoms with Gasteiger partial charge >= 0.3 is 0 Å². The number of nitrogen functional groups attached to an aromatic ring is 1. The standard InChI is InChI=1S/C15H14N4O/c1-20-14-13(18-9-19-15(14)16)8-10-6-7-17-12-5-3-2-4-11(10)12/h2-7,9H,8H2,1H3,(H2,16,18,19). The molecule has 0 aliphatic carbocycles. The summed E-state index contributed by atoms with van der Waals surface area (Å²) in [5.74, 6) is 0.893. The maximum atomic E-state index is 5.81. The first kappa shape index (κ1) is 12.3. The molecular weight excluding hydrogens is 252 g/mol. The van der Waals surface area contributed by atoms with Crippen molar-refractivity contribution in [1.29, 1.82) is 0 Å². The number of benzene rings is 1. The Morgan fingerprint density at radius 2 is 1.95 bits per heavy atom. The van der Waals surface area contributed by atoms with Crippen LogP contribution in [0.5, 0.6) is 5.75 Å². The lowest BCUT2D eigenvalue weighted by atomic mass is 10.0. The Balaban J connectivity index is 2.08. The fraction of sp³-hybridized carbons (Fsp3) is 0.133. The SMILES string of the molecule is COc1c(N)ncnc1Cc1ccnc2ccccc12. The Bertz CT molecular complexity index is 752. The zero-order valence-corrected chi connectivity index (χ0v) is 11.1. The lowest BCUT2D eigenvalue weighted by Gasteiger charge is -2.10. The van der Waals surface area contributed by atoms with E-state index in [1.807, 2.05) is 24.3 Å². The third kappa shape index (κ3) is 2.14. The molecule has 0 aliphatic rings. The molecular formula is C15H14N4O. The summed E-state index contributed by atoms with van der Waals surface area (Å²) in [7, 11) is 1.57. The second-order valence-electron chi connectivity index (χ2n) is 4.40. The van der Waals surface area contributed by atoms with Gasteiger partial charge in [0.2, 0.25) is 0 Å². The third-order valence-electron chi connectivity index (χ3n) is 3.21. The average Bonchev–Trinajstić information content (AvgIpc) is 2.48. The lowest BCUT2D eigenvalue weighted by Crippen LogP contribution is -2.03. The van der Waals surface area contributed by atoms with E-state index in [-0.39, 0.29) is 0 Å². The van der Waals surface area contributed by atoms with Crippen LogP contribution in [0, 0.1) is 0 Å². The first-order valence-electron chi connectivity index (χ1n) is 6.25. The molecule has 0 unspecified atom stereocenters. The van der Waals surface area contributed by atoms with Crippen molar-refractivity contribution < 1.29 is 4.74 Å². The molecule has 5 heteroatoms. The summed E-state index contributed by atoms with van der Waals surface area (Å²) in [6.07, 6.45) is 3.88. The number of para-hydroxylation sites is 1. The number of nitrogens with two attached hydrogens (primary N) is 1. The van der Waals surface area contributed by atoms with Crippen LogP contribution < -0.4 is 10.5 Å². The number of methoxy groups -OCH3 is 1. The van der Waals surface area contributed by atoms with Crippen LogP contribution >= 0.6 is 0 Å². The van der Waals surface area contributed by atoms with E-state index in [0.717, 1.165) is 22.2 Å². The Morgan fingerprint density at radius 1 is 1.10 bits per heavy atom. The molecule has 2 aromatic heterocycles. The van der Waals surface area contributed by atoms with Crippen molar-refractivity contribution in [3.8, 4) is 5.75 Å². The second-order valence-corrected chi connectivity index (χ2v) is 4.40. The van der Waals surface area contributed by atoms with Crippen LogP contribution in [-0.4, -0.2) is 22.1 Å². The van der Waals surface area contributed by atoms with Crippen molar-refractivity contribution in [1.82, 2.24) is 15.0 Å². The number of hydrogen-bond acceptors (Lipinski definition) is 5. The summed E-state index contributed by atoms with van der Waals surface area (Å²) in [6.45, 7) is 0. The second kappa shape index (κ2) is 5.13. The Hall–Kier alpha value is -2.69. The first-order valence-corrected chi connectivity index (χ1v) is 6.25. The molecule has 0 saturated heterocycles. The van der Waals surface area contributed by atoms with E-state index in [1.165, 1.54) is 6.33 Å². The number of anilines is 1. The highest BCUT2D eigenvalue weighted by Gasteiger charge is 2.11. The largest absolute Gasteiger partial charge is 0.491 e. The number of pyridine rings is 1. The molecule has 1 aromatic carbocycles. The van der Waals surface area contributed by atoms with Gasteiger partial charge in [-0.2, -0.15) is 0 Å². The maximum absolute atomic E-state index is 5.81. The van der Waals surface area contributed by atoms with Gasteiger partial charge in [0, 0.05) is 18.0 Å². The van der Waals surface area contributed by atoms with Gasteiger partial charge in [-0.15, -0.1) is 0 Å². The number of aromatic nitrogens is 3. The van der Waals surface area contributed by atoms with Crippen LogP contribution in [0.1, 0.15) is 11.3 Å². The number of rotatable bonds is 3. The molecule has 100 valence electrons. The monoisotopic (exact) mass is 266 g/mol. The lowest BCUT2D eigenvalue weighted by molar-refractivity contribution is 0.408. The maximum Gasteiger partial charge on any atom is 0.182 e.